The largest absolute Gasteiger partial charge is 0.0928 e. The number of halogens is 1. The molecule has 0 aliphatic carbocycles. The molecule has 0 fully saturated rings. The first-order valence-electron chi connectivity index (χ1n) is 5.29. The Bertz CT molecular complexity index is 136. The average Bonchev–Trinajstić information content (AvgIpc) is 2.16. The second-order valence-electron chi connectivity index (χ2n) is 3.18. The minimum Gasteiger partial charge on any atom is -0.0928 e. The van der Waals surface area contributed by atoms with Crippen LogP contribution in [-0.2, 0) is 0 Å². The summed E-state index contributed by atoms with van der Waals surface area (Å²) in [5.41, 5.74) is 0. The zero-order valence-corrected chi connectivity index (χ0v) is 10.2. The molecule has 0 saturated carbocycles. The Morgan fingerprint density at radius 3 is 2.08 bits per heavy atom. The molecule has 13 heavy (non-hydrogen) atoms. The Hall–Kier alpha value is -0.0400. The summed E-state index contributed by atoms with van der Waals surface area (Å²) in [6, 6.07) is 0. The lowest BCUT2D eigenvalue weighted by atomic mass is 10.2. The molecule has 0 bridgehead atoms. The van der Waals surface area contributed by atoms with Crippen molar-refractivity contribution < 1.29 is 0 Å². The number of hydrogen-bond acceptors (Lipinski definition) is 0. The Kier molecular flexibility index (Phi) is 11.9. The highest BCUT2D eigenvalue weighted by atomic mass is 79.9. The fraction of sp³-hybridized carbons (Fsp3) is 0.667. The van der Waals surface area contributed by atoms with Crippen LogP contribution in [0.15, 0.2) is 24.3 Å². The maximum Gasteiger partial charge on any atom is 0.00314 e. The van der Waals surface area contributed by atoms with Gasteiger partial charge in [-0.2, -0.15) is 0 Å². The molecule has 0 aromatic rings. The third kappa shape index (κ3) is 12.0. The highest BCUT2D eigenvalue weighted by Gasteiger charge is 1.80. The van der Waals surface area contributed by atoms with E-state index in [1.807, 2.05) is 0 Å². The second kappa shape index (κ2) is 12.0. The van der Waals surface area contributed by atoms with Crippen LogP contribution in [0, 0.1) is 0 Å². The van der Waals surface area contributed by atoms with Crippen molar-refractivity contribution in [2.24, 2.45) is 0 Å². The summed E-state index contributed by atoms with van der Waals surface area (Å²) in [6.45, 7) is 2.23. The molecule has 0 heterocycles. The molecule has 0 aromatic heterocycles. The first-order valence-corrected chi connectivity index (χ1v) is 6.41. The van der Waals surface area contributed by atoms with Crippen LogP contribution in [0.4, 0.5) is 0 Å². The van der Waals surface area contributed by atoms with Crippen molar-refractivity contribution >= 4 is 15.9 Å². The molecule has 0 rings (SSSR count). The standard InChI is InChI=1S/C12H21Br/c1-2-3-4-5-6-7-8-9-10-11-12-13/h5-8H,2-4,9-12H2,1H3/b6-5-,8-7-. The number of allylic oxidation sites excluding steroid dienone is 4. The maximum atomic E-state index is 3.42. The number of hydrogen-bond donors (Lipinski definition) is 0. The molecule has 0 aromatic carbocycles. The van der Waals surface area contributed by atoms with Gasteiger partial charge in [0.05, 0.1) is 0 Å². The van der Waals surface area contributed by atoms with Crippen molar-refractivity contribution in [3.63, 3.8) is 0 Å². The SMILES string of the molecule is CCCC/C=C\C=C/CCCCBr. The van der Waals surface area contributed by atoms with E-state index in [0.29, 0.717) is 0 Å². The molecule has 0 aliphatic rings. The molecule has 0 radical (unpaired) electrons. The quantitative estimate of drug-likeness (QED) is 0.325. The number of alkyl halides is 1. The minimum atomic E-state index is 1.13. The van der Waals surface area contributed by atoms with Crippen LogP contribution in [0.3, 0.4) is 0 Å². The summed E-state index contributed by atoms with van der Waals surface area (Å²) in [5.74, 6) is 0. The fourth-order valence-electron chi connectivity index (χ4n) is 1.03. The summed E-state index contributed by atoms with van der Waals surface area (Å²) in [5, 5.41) is 1.13. The van der Waals surface area contributed by atoms with E-state index in [1.165, 1.54) is 38.5 Å². The zero-order chi connectivity index (χ0) is 9.78. The van der Waals surface area contributed by atoms with E-state index in [0.717, 1.165) is 5.33 Å². The first-order chi connectivity index (χ1) is 6.41. The van der Waals surface area contributed by atoms with Gasteiger partial charge in [0.2, 0.25) is 0 Å². The lowest BCUT2D eigenvalue weighted by molar-refractivity contribution is 0.814. The van der Waals surface area contributed by atoms with Crippen LogP contribution in [0.5, 0.6) is 0 Å². The van der Waals surface area contributed by atoms with Gasteiger partial charge in [0.25, 0.3) is 0 Å². The van der Waals surface area contributed by atoms with E-state index in [9.17, 15) is 0 Å². The molecule has 76 valence electrons. The Labute approximate surface area is 91.2 Å². The van der Waals surface area contributed by atoms with E-state index >= 15 is 0 Å². The minimum absolute atomic E-state index is 1.13. The molecule has 0 spiro atoms. The van der Waals surface area contributed by atoms with Crippen molar-refractivity contribution in [2.45, 2.75) is 45.4 Å². The summed E-state index contributed by atoms with van der Waals surface area (Å²) >= 11 is 3.42. The van der Waals surface area contributed by atoms with Crippen LogP contribution in [0.1, 0.15) is 45.4 Å². The van der Waals surface area contributed by atoms with Gasteiger partial charge in [-0.15, -0.1) is 0 Å². The second-order valence-corrected chi connectivity index (χ2v) is 3.98. The monoisotopic (exact) mass is 244 g/mol. The van der Waals surface area contributed by atoms with Crippen molar-refractivity contribution in [1.29, 1.82) is 0 Å². The number of rotatable bonds is 8. The van der Waals surface area contributed by atoms with Gasteiger partial charge in [0, 0.05) is 5.33 Å². The molecule has 0 amide bonds. The number of unbranched alkanes of at least 4 members (excludes halogenated alkanes) is 4. The Morgan fingerprint density at radius 1 is 0.923 bits per heavy atom. The Morgan fingerprint density at radius 2 is 1.54 bits per heavy atom. The molecule has 1 heteroatoms. The van der Waals surface area contributed by atoms with Crippen molar-refractivity contribution in [3.05, 3.63) is 24.3 Å². The molecule has 0 saturated heterocycles. The molecule has 0 N–H and O–H groups in total. The topological polar surface area (TPSA) is 0 Å². The molecule has 0 unspecified atom stereocenters. The predicted molar refractivity (Wildman–Crippen MR) is 65.5 cm³/mol. The predicted octanol–water partition coefficient (Wildman–Crippen LogP) is 4.85. The zero-order valence-electron chi connectivity index (χ0n) is 8.64. The summed E-state index contributed by atoms with van der Waals surface area (Å²) in [6.07, 6.45) is 16.5. The van der Waals surface area contributed by atoms with Crippen LogP contribution < -0.4 is 0 Å². The smallest absolute Gasteiger partial charge is 0.00314 e. The summed E-state index contributed by atoms with van der Waals surface area (Å²) < 4.78 is 0. The van der Waals surface area contributed by atoms with Gasteiger partial charge in [0.15, 0.2) is 0 Å². The van der Waals surface area contributed by atoms with Crippen molar-refractivity contribution in [1.82, 2.24) is 0 Å². The molecular weight excluding hydrogens is 224 g/mol. The third-order valence-corrected chi connectivity index (χ3v) is 2.42. The Balaban J connectivity index is 3.15. The van der Waals surface area contributed by atoms with Gasteiger partial charge < -0.3 is 0 Å². The van der Waals surface area contributed by atoms with Crippen molar-refractivity contribution in [3.8, 4) is 0 Å². The van der Waals surface area contributed by atoms with Crippen LogP contribution in [-0.4, -0.2) is 5.33 Å². The first kappa shape index (κ1) is 13.0. The van der Waals surface area contributed by atoms with Crippen LogP contribution in [0.2, 0.25) is 0 Å². The third-order valence-electron chi connectivity index (χ3n) is 1.86. The van der Waals surface area contributed by atoms with Crippen LogP contribution in [0.25, 0.3) is 0 Å². The van der Waals surface area contributed by atoms with E-state index in [-0.39, 0.29) is 0 Å². The summed E-state index contributed by atoms with van der Waals surface area (Å²) in [7, 11) is 0. The van der Waals surface area contributed by atoms with Crippen LogP contribution >= 0.6 is 15.9 Å². The molecular formula is C12H21Br. The summed E-state index contributed by atoms with van der Waals surface area (Å²) in [4.78, 5) is 0. The van der Waals surface area contributed by atoms with Gasteiger partial charge >= 0.3 is 0 Å². The molecule has 0 atom stereocenters. The van der Waals surface area contributed by atoms with Gasteiger partial charge in [-0.25, -0.2) is 0 Å². The van der Waals surface area contributed by atoms with E-state index in [1.54, 1.807) is 0 Å². The highest BCUT2D eigenvalue weighted by molar-refractivity contribution is 9.09. The van der Waals surface area contributed by atoms with Gasteiger partial charge in [-0.1, -0.05) is 60.0 Å². The maximum absolute atomic E-state index is 3.42. The van der Waals surface area contributed by atoms with Gasteiger partial charge in [0.1, 0.15) is 0 Å². The van der Waals surface area contributed by atoms with E-state index < -0.39 is 0 Å². The normalized spacial score (nSPS) is 11.8. The lowest BCUT2D eigenvalue weighted by Crippen LogP contribution is -1.72. The van der Waals surface area contributed by atoms with Gasteiger partial charge in [-0.05, 0) is 25.7 Å². The van der Waals surface area contributed by atoms with E-state index in [4.69, 9.17) is 0 Å². The fourth-order valence-corrected chi connectivity index (χ4v) is 1.42. The van der Waals surface area contributed by atoms with Crippen molar-refractivity contribution in [2.75, 3.05) is 5.33 Å². The van der Waals surface area contributed by atoms with Gasteiger partial charge in [-0.3, -0.25) is 0 Å². The lowest BCUT2D eigenvalue weighted by Gasteiger charge is -1.89. The average molecular weight is 245 g/mol. The highest BCUT2D eigenvalue weighted by Crippen LogP contribution is 2.00. The molecule has 0 nitrogen and oxygen atoms in total. The molecule has 0 aliphatic heterocycles. The van der Waals surface area contributed by atoms with E-state index in [2.05, 4.69) is 47.2 Å².